The predicted octanol–water partition coefficient (Wildman–Crippen LogP) is 1.41. The molecule has 0 spiro atoms. The highest BCUT2D eigenvalue weighted by Gasteiger charge is 2.32. The van der Waals surface area contributed by atoms with Crippen LogP contribution in [0.2, 0.25) is 0 Å². The van der Waals surface area contributed by atoms with Crippen molar-refractivity contribution in [2.75, 3.05) is 20.1 Å². The summed E-state index contributed by atoms with van der Waals surface area (Å²) >= 11 is 1.55. The first-order valence-electron chi connectivity index (χ1n) is 6.11. The monoisotopic (exact) mass is 283 g/mol. The van der Waals surface area contributed by atoms with Gasteiger partial charge in [0.25, 0.3) is 0 Å². The molecule has 1 aromatic rings. The molecule has 0 aromatic carbocycles. The molecule has 104 valence electrons. The number of aliphatic carboxylic acids is 1. The van der Waals surface area contributed by atoms with E-state index in [9.17, 15) is 9.59 Å². The van der Waals surface area contributed by atoms with Crippen LogP contribution in [0.15, 0.2) is 5.38 Å². The summed E-state index contributed by atoms with van der Waals surface area (Å²) in [4.78, 5) is 30.5. The lowest BCUT2D eigenvalue weighted by Gasteiger charge is -2.23. The minimum atomic E-state index is -0.826. The van der Waals surface area contributed by atoms with Gasteiger partial charge in [-0.2, -0.15) is 0 Å². The number of hydrogen-bond donors (Lipinski definition) is 1. The zero-order valence-corrected chi connectivity index (χ0v) is 11.8. The smallest absolute Gasteiger partial charge is 0.320 e. The van der Waals surface area contributed by atoms with E-state index < -0.39 is 11.9 Å². The zero-order chi connectivity index (χ0) is 14.0. The fraction of sp³-hybridized carbons (Fsp3) is 0.583. The highest BCUT2D eigenvalue weighted by atomic mass is 32.1. The number of carbonyl (C=O) groups is 2. The number of aromatic nitrogens is 1. The normalized spacial score (nSPS) is 18.6. The van der Waals surface area contributed by atoms with Gasteiger partial charge in [-0.05, 0) is 13.3 Å². The van der Waals surface area contributed by atoms with Gasteiger partial charge in [0.15, 0.2) is 0 Å². The molecule has 6 nitrogen and oxygen atoms in total. The van der Waals surface area contributed by atoms with Gasteiger partial charge >= 0.3 is 12.0 Å². The Hall–Kier alpha value is -1.63. The summed E-state index contributed by atoms with van der Waals surface area (Å²) in [5.41, 5.74) is 0.868. The molecular formula is C12H17N3O3S. The minimum Gasteiger partial charge on any atom is -0.481 e. The molecule has 1 fully saturated rings. The number of nitrogens with zero attached hydrogens (tertiary/aromatic N) is 3. The summed E-state index contributed by atoms with van der Waals surface area (Å²) in [6.45, 7) is 3.19. The number of urea groups is 1. The van der Waals surface area contributed by atoms with Crippen LogP contribution in [-0.2, 0) is 11.3 Å². The van der Waals surface area contributed by atoms with Crippen molar-refractivity contribution in [1.29, 1.82) is 0 Å². The van der Waals surface area contributed by atoms with E-state index in [4.69, 9.17) is 5.11 Å². The number of carboxylic acids is 1. The van der Waals surface area contributed by atoms with E-state index in [-0.39, 0.29) is 6.03 Å². The summed E-state index contributed by atoms with van der Waals surface area (Å²) < 4.78 is 0. The lowest BCUT2D eigenvalue weighted by Crippen LogP contribution is -2.39. The Labute approximate surface area is 115 Å². The Morgan fingerprint density at radius 2 is 2.37 bits per heavy atom. The summed E-state index contributed by atoms with van der Waals surface area (Å²) in [5.74, 6) is -1.26. The lowest BCUT2D eigenvalue weighted by molar-refractivity contribution is -0.141. The van der Waals surface area contributed by atoms with Crippen LogP contribution >= 0.6 is 11.3 Å². The molecule has 1 atom stereocenters. The number of hydrogen-bond acceptors (Lipinski definition) is 4. The van der Waals surface area contributed by atoms with Crippen LogP contribution in [0.4, 0.5) is 4.79 Å². The van der Waals surface area contributed by atoms with Crippen molar-refractivity contribution in [3.8, 4) is 0 Å². The molecule has 2 heterocycles. The second kappa shape index (κ2) is 5.56. The SMILES string of the molecule is Cc1nc(CN(C)C(=O)N2CCC(C(=O)O)C2)cs1. The third kappa shape index (κ3) is 3.23. The molecule has 0 bridgehead atoms. The molecule has 0 aliphatic carbocycles. The summed E-state index contributed by atoms with van der Waals surface area (Å²) in [6.07, 6.45) is 0.532. The molecule has 2 amide bonds. The molecule has 1 aromatic heterocycles. The van der Waals surface area contributed by atoms with Crippen molar-refractivity contribution >= 4 is 23.3 Å². The van der Waals surface area contributed by atoms with Crippen molar-refractivity contribution in [2.24, 2.45) is 5.92 Å². The third-order valence-electron chi connectivity index (χ3n) is 3.20. The first kappa shape index (κ1) is 13.8. The van der Waals surface area contributed by atoms with E-state index >= 15 is 0 Å². The van der Waals surface area contributed by atoms with Gasteiger partial charge in [-0.1, -0.05) is 0 Å². The molecular weight excluding hydrogens is 266 g/mol. The second-order valence-electron chi connectivity index (χ2n) is 4.77. The average Bonchev–Trinajstić information content (AvgIpc) is 2.97. The Morgan fingerprint density at radius 1 is 1.63 bits per heavy atom. The number of rotatable bonds is 3. The lowest BCUT2D eigenvalue weighted by atomic mass is 10.1. The van der Waals surface area contributed by atoms with Gasteiger partial charge in [0.05, 0.1) is 23.2 Å². The predicted molar refractivity (Wildman–Crippen MR) is 71.0 cm³/mol. The van der Waals surface area contributed by atoms with Crippen molar-refractivity contribution < 1.29 is 14.7 Å². The molecule has 2 rings (SSSR count). The molecule has 1 aliphatic rings. The van der Waals surface area contributed by atoms with E-state index in [1.807, 2.05) is 12.3 Å². The summed E-state index contributed by atoms with van der Waals surface area (Å²) in [6, 6.07) is -0.130. The van der Waals surface area contributed by atoms with Gasteiger partial charge in [-0.3, -0.25) is 4.79 Å². The molecule has 0 radical (unpaired) electrons. The Bertz CT molecular complexity index is 488. The molecule has 1 saturated heterocycles. The summed E-state index contributed by atoms with van der Waals surface area (Å²) in [7, 11) is 1.71. The number of carboxylic acid groups (broad SMARTS) is 1. The van der Waals surface area contributed by atoms with Crippen molar-refractivity contribution in [3.63, 3.8) is 0 Å². The van der Waals surface area contributed by atoms with Crippen LogP contribution in [0.1, 0.15) is 17.1 Å². The molecule has 1 aliphatic heterocycles. The van der Waals surface area contributed by atoms with E-state index in [0.717, 1.165) is 10.7 Å². The average molecular weight is 283 g/mol. The Kier molecular flexibility index (Phi) is 4.04. The minimum absolute atomic E-state index is 0.130. The van der Waals surface area contributed by atoms with E-state index in [0.29, 0.717) is 26.1 Å². The van der Waals surface area contributed by atoms with Gasteiger partial charge in [0.1, 0.15) is 0 Å². The van der Waals surface area contributed by atoms with Crippen LogP contribution in [0.25, 0.3) is 0 Å². The first-order chi connectivity index (χ1) is 8.97. The zero-order valence-electron chi connectivity index (χ0n) is 11.0. The maximum atomic E-state index is 12.2. The van der Waals surface area contributed by atoms with Gasteiger partial charge < -0.3 is 14.9 Å². The van der Waals surface area contributed by atoms with Gasteiger partial charge in [0.2, 0.25) is 0 Å². The van der Waals surface area contributed by atoms with Crippen LogP contribution in [0.5, 0.6) is 0 Å². The number of thiazole rings is 1. The number of carbonyl (C=O) groups excluding carboxylic acids is 1. The maximum Gasteiger partial charge on any atom is 0.320 e. The molecule has 0 saturated carbocycles. The maximum absolute atomic E-state index is 12.2. The largest absolute Gasteiger partial charge is 0.481 e. The van der Waals surface area contributed by atoms with Crippen LogP contribution in [-0.4, -0.2) is 52.0 Å². The van der Waals surface area contributed by atoms with Gasteiger partial charge in [-0.25, -0.2) is 9.78 Å². The molecule has 7 heteroatoms. The second-order valence-corrected chi connectivity index (χ2v) is 5.83. The Morgan fingerprint density at radius 3 is 2.89 bits per heavy atom. The van der Waals surface area contributed by atoms with E-state index in [2.05, 4.69) is 4.98 Å². The Balaban J connectivity index is 1.91. The van der Waals surface area contributed by atoms with E-state index in [1.165, 1.54) is 0 Å². The van der Waals surface area contributed by atoms with Gasteiger partial charge in [0, 0.05) is 25.5 Å². The quantitative estimate of drug-likeness (QED) is 0.910. The highest BCUT2D eigenvalue weighted by Crippen LogP contribution is 2.18. The molecule has 1 unspecified atom stereocenters. The number of amides is 2. The van der Waals surface area contributed by atoms with Crippen molar-refractivity contribution in [1.82, 2.24) is 14.8 Å². The van der Waals surface area contributed by atoms with Crippen molar-refractivity contribution in [3.05, 3.63) is 16.1 Å². The molecule has 19 heavy (non-hydrogen) atoms. The number of aryl methyl sites for hydroxylation is 1. The van der Waals surface area contributed by atoms with Gasteiger partial charge in [-0.15, -0.1) is 11.3 Å². The highest BCUT2D eigenvalue weighted by molar-refractivity contribution is 7.09. The first-order valence-corrected chi connectivity index (χ1v) is 6.99. The molecule has 1 N–H and O–H groups in total. The fourth-order valence-electron chi connectivity index (χ4n) is 2.17. The van der Waals surface area contributed by atoms with Crippen molar-refractivity contribution in [2.45, 2.75) is 19.9 Å². The van der Waals surface area contributed by atoms with E-state index in [1.54, 1.807) is 28.2 Å². The van der Waals surface area contributed by atoms with Crippen LogP contribution in [0.3, 0.4) is 0 Å². The third-order valence-corrected chi connectivity index (χ3v) is 4.02. The van der Waals surface area contributed by atoms with Crippen LogP contribution in [0, 0.1) is 12.8 Å². The topological polar surface area (TPSA) is 73.7 Å². The standard InChI is InChI=1S/C12H17N3O3S/c1-8-13-10(7-19-8)6-14(2)12(18)15-4-3-9(5-15)11(16)17/h7,9H,3-6H2,1-2H3,(H,16,17). The fourth-order valence-corrected chi connectivity index (χ4v) is 2.77. The van der Waals surface area contributed by atoms with Crippen LogP contribution < -0.4 is 0 Å². The number of likely N-dealkylation sites (tertiary alicyclic amines) is 1. The summed E-state index contributed by atoms with van der Waals surface area (Å²) in [5, 5.41) is 11.8.